The number of methoxy groups -OCH3 is 2. The quantitative estimate of drug-likeness (QED) is 0.344. The van der Waals surface area contributed by atoms with E-state index in [0.29, 0.717) is 39.8 Å². The van der Waals surface area contributed by atoms with Gasteiger partial charge in [0.2, 0.25) is 0 Å². The number of nitrogens with zero attached hydrogens (tertiary/aromatic N) is 4. The topological polar surface area (TPSA) is 99.1 Å². The predicted octanol–water partition coefficient (Wildman–Crippen LogP) is 4.15. The Morgan fingerprint density at radius 2 is 1.88 bits per heavy atom. The highest BCUT2D eigenvalue weighted by molar-refractivity contribution is 14.1. The number of hydrogen-bond acceptors (Lipinski definition) is 7. The summed E-state index contributed by atoms with van der Waals surface area (Å²) in [5, 5.41) is 2.93. The van der Waals surface area contributed by atoms with Gasteiger partial charge in [-0.15, -0.1) is 0 Å². The van der Waals surface area contributed by atoms with E-state index in [0.717, 1.165) is 9.13 Å². The van der Waals surface area contributed by atoms with E-state index in [-0.39, 0.29) is 12.5 Å². The van der Waals surface area contributed by atoms with Gasteiger partial charge >= 0.3 is 0 Å². The van der Waals surface area contributed by atoms with Gasteiger partial charge in [0.1, 0.15) is 0 Å². The molecule has 166 valence electrons. The molecule has 0 unspecified atom stereocenters. The summed E-state index contributed by atoms with van der Waals surface area (Å²) in [5.41, 5.74) is 3.86. The Morgan fingerprint density at radius 3 is 2.61 bits per heavy atom. The smallest absolute Gasteiger partial charge is 0.257 e. The summed E-state index contributed by atoms with van der Waals surface area (Å²) in [6, 6.07) is 12.8. The summed E-state index contributed by atoms with van der Waals surface area (Å²) in [6.45, 7) is 0.212. The maximum Gasteiger partial charge on any atom is 0.257 e. The van der Waals surface area contributed by atoms with Crippen LogP contribution in [0.4, 0.5) is 0 Å². The number of amides is 1. The molecule has 0 radical (unpaired) electrons. The zero-order chi connectivity index (χ0) is 23.2. The first-order valence-electron chi connectivity index (χ1n) is 9.97. The largest absolute Gasteiger partial charge is 0.491 e. The third kappa shape index (κ3) is 5.25. The Labute approximate surface area is 204 Å². The molecule has 4 rings (SSSR count). The minimum absolute atomic E-state index is 0.212. The molecule has 1 amide bonds. The van der Waals surface area contributed by atoms with E-state index >= 15 is 0 Å². The number of aromatic nitrogens is 4. The molecule has 4 aromatic rings. The number of nitrogens with one attached hydrogen (secondary N) is 1. The molecule has 0 aliphatic rings. The standard InChI is InChI=1S/C24H20IN5O3/c1-32-22-7-6-17(30-24(22)33-2)13-29-23(31)18-10-21(15-9-16(25)12-26-11-15)28-14-19(18)20-5-3-4-8-27-20/h3-12,14H,13H2,1-2H3,(H,29,31). The number of carbonyl (C=O) groups excluding carboxylic acids is 1. The van der Waals surface area contributed by atoms with Crippen LogP contribution in [0.1, 0.15) is 16.1 Å². The lowest BCUT2D eigenvalue weighted by atomic mass is 10.0. The lowest BCUT2D eigenvalue weighted by molar-refractivity contribution is 0.0951. The van der Waals surface area contributed by atoms with Crippen molar-refractivity contribution in [2.24, 2.45) is 0 Å². The van der Waals surface area contributed by atoms with Gasteiger partial charge in [-0.1, -0.05) is 6.07 Å². The van der Waals surface area contributed by atoms with E-state index in [9.17, 15) is 4.79 Å². The van der Waals surface area contributed by atoms with Crippen LogP contribution in [0.2, 0.25) is 0 Å². The van der Waals surface area contributed by atoms with Crippen molar-refractivity contribution in [3.8, 4) is 34.1 Å². The first-order chi connectivity index (χ1) is 16.1. The van der Waals surface area contributed by atoms with E-state index in [1.165, 1.54) is 7.11 Å². The van der Waals surface area contributed by atoms with Gasteiger partial charge in [-0.05, 0) is 59.0 Å². The first kappa shape index (κ1) is 22.6. The molecule has 0 atom stereocenters. The third-order valence-electron chi connectivity index (χ3n) is 4.82. The summed E-state index contributed by atoms with van der Waals surface area (Å²) in [6.07, 6.45) is 6.83. The Morgan fingerprint density at radius 1 is 1.00 bits per heavy atom. The molecule has 9 heteroatoms. The van der Waals surface area contributed by atoms with Crippen LogP contribution in [0, 0.1) is 3.57 Å². The van der Waals surface area contributed by atoms with E-state index < -0.39 is 0 Å². The van der Waals surface area contributed by atoms with Crippen LogP contribution < -0.4 is 14.8 Å². The van der Waals surface area contributed by atoms with E-state index in [1.807, 2.05) is 24.3 Å². The molecule has 0 aliphatic carbocycles. The summed E-state index contributed by atoms with van der Waals surface area (Å²) in [4.78, 5) is 30.8. The van der Waals surface area contributed by atoms with Crippen LogP contribution in [0.25, 0.3) is 22.5 Å². The Hall–Kier alpha value is -3.60. The molecule has 4 heterocycles. The van der Waals surface area contributed by atoms with Crippen molar-refractivity contribution in [3.05, 3.63) is 82.1 Å². The molecular weight excluding hydrogens is 533 g/mol. The number of halogens is 1. The lowest BCUT2D eigenvalue weighted by Gasteiger charge is -2.12. The normalized spacial score (nSPS) is 10.5. The molecule has 0 spiro atoms. The van der Waals surface area contributed by atoms with Crippen molar-refractivity contribution in [3.63, 3.8) is 0 Å². The molecule has 0 fully saturated rings. The number of ether oxygens (including phenoxy) is 2. The molecular formula is C24H20IN5O3. The van der Waals surface area contributed by atoms with Crippen molar-refractivity contribution in [2.75, 3.05) is 14.2 Å². The van der Waals surface area contributed by atoms with E-state index in [2.05, 4.69) is 47.8 Å². The predicted molar refractivity (Wildman–Crippen MR) is 132 cm³/mol. The Kier molecular flexibility index (Phi) is 7.08. The number of carbonyl (C=O) groups is 1. The van der Waals surface area contributed by atoms with Crippen LogP contribution >= 0.6 is 22.6 Å². The second-order valence-corrected chi connectivity index (χ2v) is 8.16. The lowest BCUT2D eigenvalue weighted by Crippen LogP contribution is -2.24. The van der Waals surface area contributed by atoms with Gasteiger partial charge in [-0.25, -0.2) is 4.98 Å². The number of rotatable bonds is 7. The fourth-order valence-corrected chi connectivity index (χ4v) is 3.71. The zero-order valence-electron chi connectivity index (χ0n) is 17.9. The Balaban J connectivity index is 1.66. The molecule has 0 saturated heterocycles. The van der Waals surface area contributed by atoms with Crippen LogP contribution in [-0.4, -0.2) is 40.1 Å². The second kappa shape index (κ2) is 10.3. The van der Waals surface area contributed by atoms with Crippen LogP contribution in [0.5, 0.6) is 11.6 Å². The summed E-state index contributed by atoms with van der Waals surface area (Å²) in [5.74, 6) is 0.611. The van der Waals surface area contributed by atoms with Gasteiger partial charge in [-0.2, -0.15) is 0 Å². The molecule has 33 heavy (non-hydrogen) atoms. The maximum atomic E-state index is 13.3. The first-order valence-corrected chi connectivity index (χ1v) is 11.1. The van der Waals surface area contributed by atoms with Gasteiger partial charge < -0.3 is 14.8 Å². The fraction of sp³-hybridized carbons (Fsp3) is 0.125. The molecule has 1 N–H and O–H groups in total. The average molecular weight is 553 g/mol. The van der Waals surface area contributed by atoms with Crippen molar-refractivity contribution in [1.29, 1.82) is 0 Å². The van der Waals surface area contributed by atoms with Crippen molar-refractivity contribution < 1.29 is 14.3 Å². The number of hydrogen-bond donors (Lipinski definition) is 1. The van der Waals surface area contributed by atoms with Crippen LogP contribution in [0.3, 0.4) is 0 Å². The molecule has 0 aromatic carbocycles. The third-order valence-corrected chi connectivity index (χ3v) is 5.41. The average Bonchev–Trinajstić information content (AvgIpc) is 2.87. The van der Waals surface area contributed by atoms with Gasteiger partial charge in [0, 0.05) is 39.5 Å². The van der Waals surface area contributed by atoms with E-state index in [4.69, 9.17) is 9.47 Å². The highest BCUT2D eigenvalue weighted by atomic mass is 127. The van der Waals surface area contributed by atoms with Gasteiger partial charge in [0.15, 0.2) is 5.75 Å². The summed E-state index contributed by atoms with van der Waals surface area (Å²) < 4.78 is 11.4. The van der Waals surface area contributed by atoms with Crippen molar-refractivity contribution in [2.45, 2.75) is 6.54 Å². The molecule has 0 aliphatic heterocycles. The number of pyridine rings is 4. The SMILES string of the molecule is COc1ccc(CNC(=O)c2cc(-c3cncc(I)c3)ncc2-c2ccccn2)nc1OC. The molecule has 8 nitrogen and oxygen atoms in total. The van der Waals surface area contributed by atoms with Crippen LogP contribution in [-0.2, 0) is 6.54 Å². The minimum Gasteiger partial charge on any atom is -0.491 e. The Bertz CT molecular complexity index is 1280. The van der Waals surface area contributed by atoms with Gasteiger partial charge in [-0.3, -0.25) is 19.7 Å². The minimum atomic E-state index is -0.269. The van der Waals surface area contributed by atoms with Gasteiger partial charge in [0.05, 0.1) is 43.4 Å². The highest BCUT2D eigenvalue weighted by Gasteiger charge is 2.17. The molecule has 0 saturated carbocycles. The van der Waals surface area contributed by atoms with Gasteiger partial charge in [0.25, 0.3) is 11.8 Å². The highest BCUT2D eigenvalue weighted by Crippen LogP contribution is 2.27. The second-order valence-electron chi connectivity index (χ2n) is 6.92. The van der Waals surface area contributed by atoms with Crippen molar-refractivity contribution in [1.82, 2.24) is 25.3 Å². The molecule has 0 bridgehead atoms. The fourth-order valence-electron chi connectivity index (χ4n) is 3.21. The molecule has 4 aromatic heterocycles. The maximum absolute atomic E-state index is 13.3. The van der Waals surface area contributed by atoms with Crippen molar-refractivity contribution >= 4 is 28.5 Å². The summed E-state index contributed by atoms with van der Waals surface area (Å²) >= 11 is 2.20. The summed E-state index contributed by atoms with van der Waals surface area (Å²) in [7, 11) is 3.06. The monoisotopic (exact) mass is 553 g/mol. The van der Waals surface area contributed by atoms with E-state index in [1.54, 1.807) is 50.1 Å². The van der Waals surface area contributed by atoms with Crippen LogP contribution in [0.15, 0.2) is 67.3 Å². The zero-order valence-corrected chi connectivity index (χ0v) is 20.1.